The summed E-state index contributed by atoms with van der Waals surface area (Å²) >= 11 is 3.71. The molecule has 1 aromatic rings. The zero-order valence-electron chi connectivity index (χ0n) is 10.6. The Labute approximate surface area is 116 Å². The first kappa shape index (κ1) is 12.5. The van der Waals surface area contributed by atoms with Gasteiger partial charge in [-0.3, -0.25) is 0 Å². The maximum absolute atomic E-state index is 13.2. The van der Waals surface area contributed by atoms with Crippen molar-refractivity contribution in [3.8, 4) is 5.75 Å². The normalized spacial score (nSPS) is 34.4. The van der Waals surface area contributed by atoms with Crippen LogP contribution in [-0.2, 0) is 6.42 Å². The van der Waals surface area contributed by atoms with Crippen LogP contribution in [0.25, 0.3) is 0 Å². The third-order valence-electron chi connectivity index (χ3n) is 4.26. The summed E-state index contributed by atoms with van der Waals surface area (Å²) in [4.78, 5) is 0.656. The lowest BCUT2D eigenvalue weighted by Gasteiger charge is -2.26. The lowest BCUT2D eigenvalue weighted by Crippen LogP contribution is -2.24. The van der Waals surface area contributed by atoms with E-state index >= 15 is 0 Å². The van der Waals surface area contributed by atoms with Gasteiger partial charge < -0.3 is 4.74 Å². The highest BCUT2D eigenvalue weighted by Gasteiger charge is 2.38. The van der Waals surface area contributed by atoms with Gasteiger partial charge in [0, 0.05) is 16.8 Å². The summed E-state index contributed by atoms with van der Waals surface area (Å²) in [5.41, 5.74) is 1.40. The Balaban J connectivity index is 1.68. The molecule has 0 bridgehead atoms. The van der Waals surface area contributed by atoms with E-state index in [2.05, 4.69) is 22.9 Å². The molecule has 3 unspecified atom stereocenters. The summed E-state index contributed by atoms with van der Waals surface area (Å²) in [7, 11) is 0. The highest BCUT2D eigenvalue weighted by atomic mass is 79.9. The van der Waals surface area contributed by atoms with Gasteiger partial charge in [-0.25, -0.2) is 4.39 Å². The van der Waals surface area contributed by atoms with Crippen molar-refractivity contribution in [2.24, 2.45) is 5.41 Å². The van der Waals surface area contributed by atoms with E-state index in [0.29, 0.717) is 10.2 Å². The van der Waals surface area contributed by atoms with Gasteiger partial charge in [-0.1, -0.05) is 22.9 Å². The lowest BCUT2D eigenvalue weighted by molar-refractivity contribution is 0.149. The summed E-state index contributed by atoms with van der Waals surface area (Å²) in [6.45, 7) is 2.35. The molecule has 0 saturated heterocycles. The maximum atomic E-state index is 13.2. The Morgan fingerprint density at radius 2 is 2.33 bits per heavy atom. The number of benzene rings is 1. The quantitative estimate of drug-likeness (QED) is 0.732. The summed E-state index contributed by atoms with van der Waals surface area (Å²) in [5.74, 6) is 0.712. The van der Waals surface area contributed by atoms with Crippen LogP contribution in [0.3, 0.4) is 0 Å². The van der Waals surface area contributed by atoms with Crippen molar-refractivity contribution in [2.75, 3.05) is 0 Å². The fourth-order valence-electron chi connectivity index (χ4n) is 3.38. The first-order valence-corrected chi connectivity index (χ1v) is 7.55. The Morgan fingerprint density at radius 1 is 1.50 bits per heavy atom. The summed E-state index contributed by atoms with van der Waals surface area (Å²) < 4.78 is 19.1. The van der Waals surface area contributed by atoms with Crippen LogP contribution in [0.5, 0.6) is 5.75 Å². The number of halogens is 2. The molecule has 1 fully saturated rings. The van der Waals surface area contributed by atoms with E-state index in [1.807, 2.05) is 0 Å². The van der Waals surface area contributed by atoms with E-state index in [1.165, 1.54) is 25.3 Å². The molecule has 2 aliphatic rings. The van der Waals surface area contributed by atoms with Crippen LogP contribution in [0.2, 0.25) is 0 Å². The zero-order valence-corrected chi connectivity index (χ0v) is 12.2. The molecule has 1 saturated carbocycles. The number of alkyl halides is 1. The summed E-state index contributed by atoms with van der Waals surface area (Å²) in [6.07, 6.45) is 5.89. The highest BCUT2D eigenvalue weighted by molar-refractivity contribution is 9.09. The number of hydrogen-bond acceptors (Lipinski definition) is 1. The molecule has 0 N–H and O–H groups in total. The number of fused-ring (bicyclic) bond motifs is 1. The molecule has 1 aliphatic heterocycles. The first-order chi connectivity index (χ1) is 8.54. The van der Waals surface area contributed by atoms with Crippen LogP contribution >= 0.6 is 15.9 Å². The van der Waals surface area contributed by atoms with Crippen LogP contribution in [0, 0.1) is 11.2 Å². The summed E-state index contributed by atoms with van der Waals surface area (Å²) in [6, 6.07) is 4.85. The molecule has 1 aliphatic carbocycles. The van der Waals surface area contributed by atoms with Gasteiger partial charge in [0.1, 0.15) is 17.7 Å². The number of ether oxygens (including phenoxy) is 1. The van der Waals surface area contributed by atoms with Gasteiger partial charge in [0.25, 0.3) is 0 Å². The molecule has 1 aromatic carbocycles. The Kier molecular flexibility index (Phi) is 3.13. The molecule has 3 rings (SSSR count). The average Bonchev–Trinajstić information content (AvgIpc) is 2.81. The van der Waals surface area contributed by atoms with Gasteiger partial charge >= 0.3 is 0 Å². The van der Waals surface area contributed by atoms with Crippen molar-refractivity contribution in [3.05, 3.63) is 29.6 Å². The first-order valence-electron chi connectivity index (χ1n) is 6.63. The van der Waals surface area contributed by atoms with Crippen LogP contribution in [0.1, 0.15) is 38.2 Å². The standard InChI is InChI=1S/C15H18BrFO/c1-15(5-4-11(16)8-15)9-13-7-10-6-12(17)2-3-14(10)18-13/h2-3,6,11,13H,4-5,7-9H2,1H3. The van der Waals surface area contributed by atoms with E-state index in [1.54, 1.807) is 12.1 Å². The second-order valence-electron chi connectivity index (χ2n) is 6.05. The fraction of sp³-hybridized carbons (Fsp3) is 0.600. The monoisotopic (exact) mass is 312 g/mol. The number of hydrogen-bond donors (Lipinski definition) is 0. The van der Waals surface area contributed by atoms with E-state index in [0.717, 1.165) is 24.2 Å². The molecule has 3 atom stereocenters. The van der Waals surface area contributed by atoms with Crippen molar-refractivity contribution < 1.29 is 9.13 Å². The minimum atomic E-state index is -0.161. The van der Waals surface area contributed by atoms with Gasteiger partial charge in [-0.05, 0) is 49.3 Å². The topological polar surface area (TPSA) is 9.23 Å². The molecule has 3 heteroatoms. The Morgan fingerprint density at radius 3 is 3.06 bits per heavy atom. The fourth-order valence-corrected chi connectivity index (χ4v) is 4.39. The zero-order chi connectivity index (χ0) is 12.8. The maximum Gasteiger partial charge on any atom is 0.123 e. The Bertz CT molecular complexity index is 462. The van der Waals surface area contributed by atoms with E-state index in [9.17, 15) is 4.39 Å². The van der Waals surface area contributed by atoms with Gasteiger partial charge in [0.2, 0.25) is 0 Å². The minimum absolute atomic E-state index is 0.161. The van der Waals surface area contributed by atoms with Crippen molar-refractivity contribution >= 4 is 15.9 Å². The highest BCUT2D eigenvalue weighted by Crippen LogP contribution is 2.46. The van der Waals surface area contributed by atoms with Crippen LogP contribution in [0.15, 0.2) is 18.2 Å². The van der Waals surface area contributed by atoms with E-state index in [4.69, 9.17) is 4.74 Å². The molecular formula is C15H18BrFO. The molecule has 18 heavy (non-hydrogen) atoms. The second-order valence-corrected chi connectivity index (χ2v) is 7.35. The van der Waals surface area contributed by atoms with E-state index in [-0.39, 0.29) is 11.9 Å². The van der Waals surface area contributed by atoms with Crippen molar-refractivity contribution in [2.45, 2.75) is 50.0 Å². The molecular weight excluding hydrogens is 295 g/mol. The molecule has 0 aromatic heterocycles. The SMILES string of the molecule is CC1(CC2Cc3cc(F)ccc3O2)CCC(Br)C1. The van der Waals surface area contributed by atoms with Crippen molar-refractivity contribution in [1.29, 1.82) is 0 Å². The van der Waals surface area contributed by atoms with Crippen LogP contribution in [0.4, 0.5) is 4.39 Å². The van der Waals surface area contributed by atoms with Gasteiger partial charge in [-0.15, -0.1) is 0 Å². The predicted octanol–water partition coefficient (Wildman–Crippen LogP) is 4.47. The molecule has 1 heterocycles. The number of rotatable bonds is 2. The van der Waals surface area contributed by atoms with Crippen molar-refractivity contribution in [1.82, 2.24) is 0 Å². The molecule has 98 valence electrons. The average molecular weight is 313 g/mol. The Hall–Kier alpha value is -0.570. The smallest absolute Gasteiger partial charge is 0.123 e. The third kappa shape index (κ3) is 2.42. The van der Waals surface area contributed by atoms with Crippen LogP contribution in [-0.4, -0.2) is 10.9 Å². The largest absolute Gasteiger partial charge is 0.490 e. The molecule has 0 spiro atoms. The summed E-state index contributed by atoms with van der Waals surface area (Å²) in [5, 5.41) is 0. The third-order valence-corrected chi connectivity index (χ3v) is 5.04. The molecule has 0 radical (unpaired) electrons. The van der Waals surface area contributed by atoms with Gasteiger partial charge in [0.15, 0.2) is 0 Å². The van der Waals surface area contributed by atoms with Gasteiger partial charge in [-0.2, -0.15) is 0 Å². The molecule has 0 amide bonds. The van der Waals surface area contributed by atoms with Gasteiger partial charge in [0.05, 0.1) is 0 Å². The minimum Gasteiger partial charge on any atom is -0.490 e. The van der Waals surface area contributed by atoms with E-state index < -0.39 is 0 Å². The van der Waals surface area contributed by atoms with Crippen molar-refractivity contribution in [3.63, 3.8) is 0 Å². The van der Waals surface area contributed by atoms with Crippen LogP contribution < -0.4 is 4.74 Å². The molecule has 1 nitrogen and oxygen atoms in total. The lowest BCUT2D eigenvalue weighted by atomic mass is 9.82. The predicted molar refractivity (Wildman–Crippen MR) is 73.8 cm³/mol. The second kappa shape index (κ2) is 4.52.